The Kier molecular flexibility index (Phi) is 3.96. The highest BCUT2D eigenvalue weighted by molar-refractivity contribution is 7.10. The lowest BCUT2D eigenvalue weighted by atomic mass is 10.4. The van der Waals surface area contributed by atoms with Gasteiger partial charge < -0.3 is 9.80 Å². The molecule has 0 radical (unpaired) electrons. The van der Waals surface area contributed by atoms with Crippen molar-refractivity contribution in [3.05, 3.63) is 11.6 Å². The van der Waals surface area contributed by atoms with Gasteiger partial charge in [-0.25, -0.2) is 9.97 Å². The monoisotopic (exact) mass is 336 g/mol. The van der Waals surface area contributed by atoms with Crippen LogP contribution < -0.4 is 9.80 Å². The average molecular weight is 336 g/mol. The Balaban J connectivity index is 1.42. The fraction of sp³-hybridized carbons (Fsp3) is 0.714. The number of aryl methyl sites for hydroxylation is 1. The number of hydrogen-bond acceptors (Lipinski definition) is 8. The maximum Gasteiger partial charge on any atom is 0.205 e. The van der Waals surface area contributed by atoms with Crippen molar-refractivity contribution in [3.8, 4) is 0 Å². The maximum absolute atomic E-state index is 4.74. The number of aromatic nitrogens is 4. The van der Waals surface area contributed by atoms with E-state index in [9.17, 15) is 0 Å². The zero-order valence-electron chi connectivity index (χ0n) is 12.7. The molecule has 0 bridgehead atoms. The lowest BCUT2D eigenvalue weighted by molar-refractivity contribution is 0.799. The first-order valence-electron chi connectivity index (χ1n) is 7.99. The molecule has 3 heterocycles. The minimum Gasteiger partial charge on any atom is -0.345 e. The van der Waals surface area contributed by atoms with Crippen LogP contribution in [0.4, 0.5) is 10.3 Å². The second kappa shape index (κ2) is 6.08. The van der Waals surface area contributed by atoms with Gasteiger partial charge in [0.05, 0.1) is 0 Å². The third-order valence-corrected chi connectivity index (χ3v) is 5.79. The maximum atomic E-state index is 4.74. The van der Waals surface area contributed by atoms with E-state index in [1.165, 1.54) is 24.4 Å². The topological polar surface area (TPSA) is 58.0 Å². The number of hydrogen-bond donors (Lipinski definition) is 0. The summed E-state index contributed by atoms with van der Waals surface area (Å²) in [4.78, 5) is 14.1. The number of nitrogens with zero attached hydrogens (tertiary/aromatic N) is 6. The molecule has 118 valence electrons. The van der Waals surface area contributed by atoms with E-state index in [-0.39, 0.29) is 0 Å². The van der Waals surface area contributed by atoms with Crippen LogP contribution in [0, 0.1) is 0 Å². The molecule has 0 aromatic carbocycles. The van der Waals surface area contributed by atoms with Crippen LogP contribution in [0.2, 0.25) is 0 Å². The van der Waals surface area contributed by atoms with E-state index in [2.05, 4.69) is 30.5 Å². The van der Waals surface area contributed by atoms with Gasteiger partial charge in [-0.3, -0.25) is 0 Å². The number of anilines is 2. The molecule has 0 atom stereocenters. The molecular formula is C14H20N6S2. The van der Waals surface area contributed by atoms with Gasteiger partial charge in [-0.15, -0.1) is 0 Å². The van der Waals surface area contributed by atoms with Crippen LogP contribution in [0.1, 0.15) is 43.8 Å². The summed E-state index contributed by atoms with van der Waals surface area (Å²) in [6.07, 6.45) is 4.56. The minimum atomic E-state index is 0.641. The van der Waals surface area contributed by atoms with Crippen molar-refractivity contribution >= 4 is 33.3 Å². The van der Waals surface area contributed by atoms with Gasteiger partial charge in [-0.1, -0.05) is 6.92 Å². The summed E-state index contributed by atoms with van der Waals surface area (Å²) in [5, 5.41) is 2.16. The third kappa shape index (κ3) is 2.94. The molecule has 0 spiro atoms. The predicted molar refractivity (Wildman–Crippen MR) is 90.2 cm³/mol. The van der Waals surface area contributed by atoms with E-state index >= 15 is 0 Å². The van der Waals surface area contributed by atoms with Crippen molar-refractivity contribution in [3.63, 3.8) is 0 Å². The molecule has 2 aromatic rings. The first kappa shape index (κ1) is 14.3. The van der Waals surface area contributed by atoms with Crippen molar-refractivity contribution in [1.29, 1.82) is 0 Å². The molecule has 1 aliphatic heterocycles. The molecule has 8 heteroatoms. The molecule has 2 fully saturated rings. The first-order chi connectivity index (χ1) is 10.8. The average Bonchev–Trinajstić information content (AvgIpc) is 3.17. The summed E-state index contributed by atoms with van der Waals surface area (Å²) < 4.78 is 8.93. The molecule has 6 nitrogen and oxygen atoms in total. The predicted octanol–water partition coefficient (Wildman–Crippen LogP) is 2.55. The molecule has 22 heavy (non-hydrogen) atoms. The Morgan fingerprint density at radius 2 is 1.64 bits per heavy atom. The second-order valence-corrected chi connectivity index (χ2v) is 7.34. The largest absolute Gasteiger partial charge is 0.345 e. The van der Waals surface area contributed by atoms with E-state index < -0.39 is 0 Å². The van der Waals surface area contributed by atoms with E-state index in [0.29, 0.717) is 5.92 Å². The van der Waals surface area contributed by atoms with Gasteiger partial charge in [-0.2, -0.15) is 8.75 Å². The number of rotatable bonds is 4. The molecule has 1 aliphatic carbocycles. The lowest BCUT2D eigenvalue weighted by Crippen LogP contribution is -2.30. The summed E-state index contributed by atoms with van der Waals surface area (Å²) in [5.74, 6) is 2.67. The summed E-state index contributed by atoms with van der Waals surface area (Å²) >= 11 is 3.08. The van der Waals surface area contributed by atoms with Gasteiger partial charge in [0.15, 0.2) is 0 Å². The zero-order valence-corrected chi connectivity index (χ0v) is 14.4. The second-order valence-electron chi connectivity index (χ2n) is 5.88. The van der Waals surface area contributed by atoms with Crippen molar-refractivity contribution in [2.24, 2.45) is 0 Å². The van der Waals surface area contributed by atoms with Crippen LogP contribution in [0.25, 0.3) is 0 Å². The third-order valence-electron chi connectivity index (χ3n) is 4.18. The standard InChI is InChI=1S/C14H20N6S2/c1-2-11-15-13(21-17-11)19-6-3-7-20(9-8-19)14-16-12(18-22-14)10-4-5-10/h10H,2-9H2,1H3. The Bertz CT molecular complexity index is 635. The van der Waals surface area contributed by atoms with E-state index in [0.717, 1.165) is 60.9 Å². The van der Waals surface area contributed by atoms with E-state index in [1.54, 1.807) is 11.5 Å². The quantitative estimate of drug-likeness (QED) is 0.855. The minimum absolute atomic E-state index is 0.641. The normalized spacial score (nSPS) is 19.5. The van der Waals surface area contributed by atoms with E-state index in [4.69, 9.17) is 4.98 Å². The SMILES string of the molecule is CCc1nsc(N2CCCN(c3nc(C4CC4)ns3)CC2)n1. The van der Waals surface area contributed by atoms with Crippen LogP contribution in [0.5, 0.6) is 0 Å². The zero-order chi connectivity index (χ0) is 14.9. The first-order valence-corrected chi connectivity index (χ1v) is 9.54. The summed E-state index contributed by atoms with van der Waals surface area (Å²) in [6, 6.07) is 0. The highest BCUT2D eigenvalue weighted by Gasteiger charge is 2.29. The summed E-state index contributed by atoms with van der Waals surface area (Å²) in [6.45, 7) is 6.16. The van der Waals surface area contributed by atoms with Crippen LogP contribution in [0.3, 0.4) is 0 Å². The highest BCUT2D eigenvalue weighted by atomic mass is 32.1. The van der Waals surface area contributed by atoms with Crippen LogP contribution >= 0.6 is 23.1 Å². The lowest BCUT2D eigenvalue weighted by Gasteiger charge is -2.20. The molecule has 0 N–H and O–H groups in total. The Hall–Kier alpha value is -1.28. The van der Waals surface area contributed by atoms with E-state index in [1.807, 2.05) is 0 Å². The molecule has 1 saturated carbocycles. The fourth-order valence-corrected chi connectivity index (χ4v) is 4.28. The molecule has 4 rings (SSSR count). The van der Waals surface area contributed by atoms with Crippen LogP contribution in [-0.2, 0) is 6.42 Å². The van der Waals surface area contributed by atoms with Gasteiger partial charge in [0, 0.05) is 61.6 Å². The molecule has 0 unspecified atom stereocenters. The molecule has 1 saturated heterocycles. The molecular weight excluding hydrogens is 316 g/mol. The Morgan fingerprint density at radius 1 is 0.955 bits per heavy atom. The van der Waals surface area contributed by atoms with Crippen molar-refractivity contribution in [2.75, 3.05) is 36.0 Å². The van der Waals surface area contributed by atoms with Crippen LogP contribution in [0.15, 0.2) is 0 Å². The Morgan fingerprint density at radius 3 is 2.27 bits per heavy atom. The van der Waals surface area contributed by atoms with Gasteiger partial charge >= 0.3 is 0 Å². The van der Waals surface area contributed by atoms with Gasteiger partial charge in [0.25, 0.3) is 0 Å². The van der Waals surface area contributed by atoms with Gasteiger partial charge in [0.1, 0.15) is 11.6 Å². The van der Waals surface area contributed by atoms with Gasteiger partial charge in [0.2, 0.25) is 10.3 Å². The molecule has 2 aliphatic rings. The Labute approximate surface area is 138 Å². The summed E-state index contributed by atoms with van der Waals surface area (Å²) in [5.41, 5.74) is 0. The van der Waals surface area contributed by atoms with Crippen molar-refractivity contribution in [2.45, 2.75) is 38.5 Å². The molecule has 2 aromatic heterocycles. The van der Waals surface area contributed by atoms with Crippen molar-refractivity contribution in [1.82, 2.24) is 18.7 Å². The van der Waals surface area contributed by atoms with Crippen LogP contribution in [-0.4, -0.2) is 44.9 Å². The summed E-state index contributed by atoms with van der Waals surface area (Å²) in [7, 11) is 0. The van der Waals surface area contributed by atoms with Crippen molar-refractivity contribution < 1.29 is 0 Å². The smallest absolute Gasteiger partial charge is 0.205 e. The van der Waals surface area contributed by atoms with Gasteiger partial charge in [-0.05, 0) is 19.3 Å². The highest BCUT2D eigenvalue weighted by Crippen LogP contribution is 2.39. The fourth-order valence-electron chi connectivity index (χ4n) is 2.68. The molecule has 0 amide bonds.